The highest BCUT2D eigenvalue weighted by Gasteiger charge is 2.14. The van der Waals surface area contributed by atoms with Crippen molar-refractivity contribution in [1.82, 2.24) is 24.2 Å². The van der Waals surface area contributed by atoms with E-state index in [-0.39, 0.29) is 0 Å². The molecular formula is C22H27N5O2S. The van der Waals surface area contributed by atoms with E-state index in [2.05, 4.69) is 16.5 Å². The summed E-state index contributed by atoms with van der Waals surface area (Å²) in [6.07, 6.45) is 5.35. The Morgan fingerprint density at radius 1 is 1.27 bits per heavy atom. The van der Waals surface area contributed by atoms with Crippen molar-refractivity contribution < 1.29 is 9.47 Å². The molecule has 0 unspecified atom stereocenters. The molecule has 0 spiro atoms. The molecule has 0 aliphatic carbocycles. The summed E-state index contributed by atoms with van der Waals surface area (Å²) in [6.45, 7) is 8.24. The molecule has 0 aliphatic heterocycles. The largest absolute Gasteiger partial charge is 0.493 e. The molecule has 0 saturated heterocycles. The maximum atomic E-state index is 5.68. The zero-order valence-corrected chi connectivity index (χ0v) is 18.4. The molecule has 0 N–H and O–H groups in total. The molecular weight excluding hydrogens is 398 g/mol. The SMILES string of the molecule is C=CCn1c(-c2cccnc2)nn(CN(C)Cc2ccc(OCC)c(OC)c2)c1=S. The van der Waals surface area contributed by atoms with E-state index >= 15 is 0 Å². The summed E-state index contributed by atoms with van der Waals surface area (Å²) in [5.41, 5.74) is 2.03. The molecule has 0 amide bonds. The Morgan fingerprint density at radius 3 is 2.77 bits per heavy atom. The van der Waals surface area contributed by atoms with Gasteiger partial charge in [-0.3, -0.25) is 14.5 Å². The molecule has 0 aliphatic rings. The minimum atomic E-state index is 0.547. The van der Waals surface area contributed by atoms with E-state index in [9.17, 15) is 0 Å². The van der Waals surface area contributed by atoms with Crippen molar-refractivity contribution >= 4 is 12.2 Å². The summed E-state index contributed by atoms with van der Waals surface area (Å²) in [7, 11) is 3.68. The van der Waals surface area contributed by atoms with E-state index in [0.717, 1.165) is 28.5 Å². The van der Waals surface area contributed by atoms with Gasteiger partial charge < -0.3 is 9.47 Å². The van der Waals surface area contributed by atoms with Crippen molar-refractivity contribution in [2.45, 2.75) is 26.7 Å². The van der Waals surface area contributed by atoms with E-state index in [1.54, 1.807) is 19.5 Å². The van der Waals surface area contributed by atoms with Gasteiger partial charge in [0.05, 0.1) is 20.4 Å². The van der Waals surface area contributed by atoms with Gasteiger partial charge >= 0.3 is 0 Å². The maximum absolute atomic E-state index is 5.68. The van der Waals surface area contributed by atoms with Crippen molar-refractivity contribution in [3.05, 3.63) is 65.7 Å². The molecule has 2 heterocycles. The predicted octanol–water partition coefficient (Wildman–Crippen LogP) is 4.16. The van der Waals surface area contributed by atoms with Gasteiger partial charge in [-0.25, -0.2) is 4.68 Å². The Bertz CT molecular complexity index is 1050. The van der Waals surface area contributed by atoms with Gasteiger partial charge in [-0.05, 0) is 56.0 Å². The number of ether oxygens (including phenoxy) is 2. The molecule has 0 atom stereocenters. The summed E-state index contributed by atoms with van der Waals surface area (Å²) in [5.74, 6) is 2.26. The van der Waals surface area contributed by atoms with Crippen LogP contribution in [-0.2, 0) is 19.8 Å². The first kappa shape index (κ1) is 21.7. The molecule has 0 radical (unpaired) electrons. The van der Waals surface area contributed by atoms with Gasteiger partial charge in [0.2, 0.25) is 0 Å². The summed E-state index contributed by atoms with van der Waals surface area (Å²) < 4.78 is 15.5. The Labute approximate surface area is 182 Å². The highest BCUT2D eigenvalue weighted by molar-refractivity contribution is 7.71. The van der Waals surface area contributed by atoms with E-state index in [1.165, 1.54) is 0 Å². The number of rotatable bonds is 10. The van der Waals surface area contributed by atoms with Crippen molar-refractivity contribution in [3.63, 3.8) is 0 Å². The Balaban J connectivity index is 1.81. The van der Waals surface area contributed by atoms with E-state index in [4.69, 9.17) is 26.8 Å². The third kappa shape index (κ3) is 4.95. The van der Waals surface area contributed by atoms with Crippen LogP contribution in [0.15, 0.2) is 55.4 Å². The van der Waals surface area contributed by atoms with Crippen LogP contribution in [0.25, 0.3) is 11.4 Å². The minimum Gasteiger partial charge on any atom is -0.493 e. The normalized spacial score (nSPS) is 10.9. The number of allylic oxidation sites excluding steroid dienone is 1. The molecule has 3 rings (SSSR count). The standard InChI is InChI=1S/C22H27N5O2S/c1-5-12-26-21(18-8-7-11-23-14-18)24-27(22(26)30)16-25(3)15-17-9-10-19(29-6-2)20(13-17)28-4/h5,7-11,13-14H,1,6,12,15-16H2,2-4H3. The summed E-state index contributed by atoms with van der Waals surface area (Å²) in [6, 6.07) is 9.85. The lowest BCUT2D eigenvalue weighted by atomic mass is 10.2. The molecule has 2 aromatic heterocycles. The Kier molecular flexibility index (Phi) is 7.37. The Morgan fingerprint density at radius 2 is 2.10 bits per heavy atom. The third-order valence-electron chi connectivity index (χ3n) is 4.51. The zero-order chi connectivity index (χ0) is 21.5. The number of aromatic nitrogens is 4. The van der Waals surface area contributed by atoms with Crippen LogP contribution in [0.1, 0.15) is 12.5 Å². The molecule has 30 heavy (non-hydrogen) atoms. The number of hydrogen-bond donors (Lipinski definition) is 0. The van der Waals surface area contributed by atoms with Gasteiger partial charge in [0, 0.05) is 31.0 Å². The summed E-state index contributed by atoms with van der Waals surface area (Å²) >= 11 is 5.68. The van der Waals surface area contributed by atoms with Crippen LogP contribution in [0.4, 0.5) is 0 Å². The van der Waals surface area contributed by atoms with Gasteiger partial charge in [0.15, 0.2) is 22.1 Å². The summed E-state index contributed by atoms with van der Waals surface area (Å²) in [4.78, 5) is 6.34. The highest BCUT2D eigenvalue weighted by Crippen LogP contribution is 2.28. The van der Waals surface area contributed by atoms with Crippen molar-refractivity contribution in [2.75, 3.05) is 20.8 Å². The smallest absolute Gasteiger partial charge is 0.199 e. The minimum absolute atomic E-state index is 0.547. The molecule has 8 heteroatoms. The average Bonchev–Trinajstić information content (AvgIpc) is 3.05. The van der Waals surface area contributed by atoms with Crippen LogP contribution in [0.3, 0.4) is 0 Å². The predicted molar refractivity (Wildman–Crippen MR) is 120 cm³/mol. The van der Waals surface area contributed by atoms with Gasteiger partial charge in [0.1, 0.15) is 0 Å². The number of hydrogen-bond acceptors (Lipinski definition) is 6. The van der Waals surface area contributed by atoms with Crippen molar-refractivity contribution in [1.29, 1.82) is 0 Å². The third-order valence-corrected chi connectivity index (χ3v) is 4.94. The number of pyridine rings is 1. The van der Waals surface area contributed by atoms with E-state index in [1.807, 2.05) is 59.6 Å². The molecule has 158 valence electrons. The second-order valence-electron chi connectivity index (χ2n) is 6.82. The van der Waals surface area contributed by atoms with E-state index in [0.29, 0.717) is 31.1 Å². The van der Waals surface area contributed by atoms with Gasteiger partial charge in [0.25, 0.3) is 0 Å². The topological polar surface area (TPSA) is 57.3 Å². The zero-order valence-electron chi connectivity index (χ0n) is 17.6. The number of benzene rings is 1. The second-order valence-corrected chi connectivity index (χ2v) is 7.19. The first-order valence-electron chi connectivity index (χ1n) is 9.74. The van der Waals surface area contributed by atoms with Crippen molar-refractivity contribution in [3.8, 4) is 22.9 Å². The Hall–Kier alpha value is -2.97. The lowest BCUT2D eigenvalue weighted by Gasteiger charge is -2.18. The molecule has 0 bridgehead atoms. The van der Waals surface area contributed by atoms with Crippen LogP contribution in [0.2, 0.25) is 0 Å². The molecule has 0 saturated carbocycles. The van der Waals surface area contributed by atoms with Crippen LogP contribution in [0.5, 0.6) is 11.5 Å². The summed E-state index contributed by atoms with van der Waals surface area (Å²) in [5, 5.41) is 4.75. The number of methoxy groups -OCH3 is 1. The van der Waals surface area contributed by atoms with Gasteiger partial charge in [-0.15, -0.1) is 6.58 Å². The van der Waals surface area contributed by atoms with Crippen LogP contribution in [0, 0.1) is 4.77 Å². The quantitative estimate of drug-likeness (QED) is 0.359. The monoisotopic (exact) mass is 425 g/mol. The van der Waals surface area contributed by atoms with Crippen molar-refractivity contribution in [2.24, 2.45) is 0 Å². The van der Waals surface area contributed by atoms with Gasteiger partial charge in [-0.2, -0.15) is 5.10 Å². The first-order chi connectivity index (χ1) is 14.6. The van der Waals surface area contributed by atoms with Crippen LogP contribution in [-0.4, -0.2) is 45.0 Å². The van der Waals surface area contributed by atoms with E-state index < -0.39 is 0 Å². The maximum Gasteiger partial charge on any atom is 0.199 e. The molecule has 3 aromatic rings. The highest BCUT2D eigenvalue weighted by atomic mass is 32.1. The number of nitrogens with zero attached hydrogens (tertiary/aromatic N) is 5. The van der Waals surface area contributed by atoms with Gasteiger partial charge in [-0.1, -0.05) is 12.1 Å². The fourth-order valence-corrected chi connectivity index (χ4v) is 3.47. The second kappa shape index (κ2) is 10.2. The lowest BCUT2D eigenvalue weighted by Crippen LogP contribution is -2.22. The van der Waals surface area contributed by atoms with Crippen LogP contribution < -0.4 is 9.47 Å². The molecule has 7 nitrogen and oxygen atoms in total. The molecule has 1 aromatic carbocycles. The molecule has 0 fully saturated rings. The lowest BCUT2D eigenvalue weighted by molar-refractivity contribution is 0.243. The van der Waals surface area contributed by atoms with Crippen LogP contribution >= 0.6 is 12.2 Å². The fraction of sp³-hybridized carbons (Fsp3) is 0.318. The average molecular weight is 426 g/mol. The first-order valence-corrected chi connectivity index (χ1v) is 10.1. The fourth-order valence-electron chi connectivity index (χ4n) is 3.21.